The summed E-state index contributed by atoms with van der Waals surface area (Å²) in [5, 5.41) is 16.7. The van der Waals surface area contributed by atoms with Crippen molar-refractivity contribution in [1.29, 1.82) is 0 Å². The predicted molar refractivity (Wildman–Crippen MR) is 77.1 cm³/mol. The van der Waals surface area contributed by atoms with Gasteiger partial charge in [0.2, 0.25) is 5.03 Å². The average Bonchev–Trinajstić information content (AvgIpc) is 2.96. The average molecular weight is 381 g/mol. The van der Waals surface area contributed by atoms with Crippen molar-refractivity contribution >= 4 is 31.9 Å². The Balaban J connectivity index is 2.35. The minimum atomic E-state index is -3.82. The topological polar surface area (TPSA) is 105 Å². The summed E-state index contributed by atoms with van der Waals surface area (Å²) >= 11 is 3.07. The van der Waals surface area contributed by atoms with Crippen LogP contribution in [0, 0.1) is 5.41 Å². The lowest BCUT2D eigenvalue weighted by Crippen LogP contribution is -2.37. The molecule has 1 unspecified atom stereocenters. The molecule has 1 atom stereocenters. The Labute approximate surface area is 131 Å². The number of aromatic nitrogens is 3. The number of sulfonamides is 1. The molecule has 0 bridgehead atoms. The van der Waals surface area contributed by atoms with Crippen LogP contribution in [0.3, 0.4) is 0 Å². The van der Waals surface area contributed by atoms with Gasteiger partial charge >= 0.3 is 5.97 Å². The molecule has 8 nitrogen and oxygen atoms in total. The number of carbonyl (C=O) groups is 1. The van der Waals surface area contributed by atoms with Crippen LogP contribution >= 0.6 is 15.9 Å². The standard InChI is InChI=1S/C11H17BrN4O4S/c1-3-4-11(10(17)18)5-6-16(7-11)21(19,20)9-8(12)13-14-15(9)2/h3-7H2,1-2H3,(H,17,18). The maximum atomic E-state index is 12.7. The van der Waals surface area contributed by atoms with Gasteiger partial charge in [0, 0.05) is 20.1 Å². The SMILES string of the molecule is CCCC1(C(=O)O)CCN(S(=O)(=O)c2c(Br)nnn2C)C1. The smallest absolute Gasteiger partial charge is 0.311 e. The summed E-state index contributed by atoms with van der Waals surface area (Å²) in [5.41, 5.74) is -1.000. The second-order valence-electron chi connectivity index (χ2n) is 5.23. The Morgan fingerprint density at radius 3 is 2.67 bits per heavy atom. The molecule has 0 saturated carbocycles. The van der Waals surface area contributed by atoms with E-state index in [0.29, 0.717) is 19.3 Å². The predicted octanol–water partition coefficient (Wildman–Crippen LogP) is 0.843. The summed E-state index contributed by atoms with van der Waals surface area (Å²) in [7, 11) is -2.34. The Morgan fingerprint density at radius 1 is 1.52 bits per heavy atom. The third-order valence-corrected chi connectivity index (χ3v) is 6.56. The zero-order valence-electron chi connectivity index (χ0n) is 11.8. The second-order valence-corrected chi connectivity index (χ2v) is 7.84. The van der Waals surface area contributed by atoms with Crippen LogP contribution in [0.4, 0.5) is 0 Å². The van der Waals surface area contributed by atoms with Crippen molar-refractivity contribution in [3.63, 3.8) is 0 Å². The summed E-state index contributed by atoms with van der Waals surface area (Å²) in [4.78, 5) is 11.5. The summed E-state index contributed by atoms with van der Waals surface area (Å²) < 4.78 is 27.8. The lowest BCUT2D eigenvalue weighted by Gasteiger charge is -2.24. The van der Waals surface area contributed by atoms with Crippen LogP contribution in [0.1, 0.15) is 26.2 Å². The molecule has 118 valence electrons. The van der Waals surface area contributed by atoms with E-state index < -0.39 is 21.4 Å². The summed E-state index contributed by atoms with van der Waals surface area (Å²) in [6.45, 7) is 2.06. The molecule has 0 aromatic carbocycles. The van der Waals surface area contributed by atoms with Crippen molar-refractivity contribution in [2.75, 3.05) is 13.1 Å². The van der Waals surface area contributed by atoms with Crippen LogP contribution in [0.5, 0.6) is 0 Å². The summed E-state index contributed by atoms with van der Waals surface area (Å²) in [6, 6.07) is 0. The minimum Gasteiger partial charge on any atom is -0.481 e. The fourth-order valence-electron chi connectivity index (χ4n) is 2.72. The molecule has 0 aliphatic carbocycles. The first kappa shape index (κ1) is 16.4. The molecular weight excluding hydrogens is 364 g/mol. The maximum absolute atomic E-state index is 12.7. The molecule has 2 heterocycles. The van der Waals surface area contributed by atoms with Gasteiger partial charge < -0.3 is 5.11 Å². The Morgan fingerprint density at radius 2 is 2.19 bits per heavy atom. The molecule has 1 aromatic heterocycles. The number of hydrogen-bond donors (Lipinski definition) is 1. The Hall–Kier alpha value is -1.00. The van der Waals surface area contributed by atoms with Crippen molar-refractivity contribution in [2.24, 2.45) is 12.5 Å². The third kappa shape index (κ3) is 2.71. The van der Waals surface area contributed by atoms with Gasteiger partial charge in [-0.15, -0.1) is 5.10 Å². The fourth-order valence-corrected chi connectivity index (χ4v) is 5.28. The van der Waals surface area contributed by atoms with E-state index in [1.54, 1.807) is 0 Å². The number of nitrogens with zero attached hydrogens (tertiary/aromatic N) is 4. The van der Waals surface area contributed by atoms with Gasteiger partial charge in [0.05, 0.1) is 5.41 Å². The molecule has 0 spiro atoms. The molecule has 1 saturated heterocycles. The van der Waals surface area contributed by atoms with E-state index in [2.05, 4.69) is 26.2 Å². The van der Waals surface area contributed by atoms with E-state index in [1.807, 2.05) is 6.92 Å². The van der Waals surface area contributed by atoms with Crippen molar-refractivity contribution in [2.45, 2.75) is 31.2 Å². The molecule has 1 aromatic rings. The van der Waals surface area contributed by atoms with Gasteiger partial charge in [-0.3, -0.25) is 4.79 Å². The van der Waals surface area contributed by atoms with E-state index in [1.165, 1.54) is 16.0 Å². The first-order valence-corrected chi connectivity index (χ1v) is 8.76. The van der Waals surface area contributed by atoms with Gasteiger partial charge in [0.15, 0.2) is 4.60 Å². The highest BCUT2D eigenvalue weighted by molar-refractivity contribution is 9.10. The molecule has 10 heteroatoms. The normalized spacial score (nSPS) is 23.6. The highest BCUT2D eigenvalue weighted by Crippen LogP contribution is 2.38. The maximum Gasteiger partial charge on any atom is 0.311 e. The highest BCUT2D eigenvalue weighted by atomic mass is 79.9. The van der Waals surface area contributed by atoms with E-state index in [-0.39, 0.29) is 22.7 Å². The van der Waals surface area contributed by atoms with Gasteiger partial charge in [-0.1, -0.05) is 18.6 Å². The molecule has 0 radical (unpaired) electrons. The number of carboxylic acids is 1. The van der Waals surface area contributed by atoms with Crippen LogP contribution in [-0.2, 0) is 21.9 Å². The van der Waals surface area contributed by atoms with E-state index in [4.69, 9.17) is 0 Å². The van der Waals surface area contributed by atoms with Crippen molar-refractivity contribution in [3.8, 4) is 0 Å². The van der Waals surface area contributed by atoms with Gasteiger partial charge in [-0.25, -0.2) is 13.1 Å². The summed E-state index contributed by atoms with van der Waals surface area (Å²) in [6.07, 6.45) is 1.47. The van der Waals surface area contributed by atoms with E-state index in [9.17, 15) is 18.3 Å². The zero-order valence-corrected chi connectivity index (χ0v) is 14.2. The molecular formula is C11H17BrN4O4S. The molecule has 1 N–H and O–H groups in total. The number of hydrogen-bond acceptors (Lipinski definition) is 5. The first-order chi connectivity index (χ1) is 9.74. The van der Waals surface area contributed by atoms with Crippen LogP contribution in [0.25, 0.3) is 0 Å². The second kappa shape index (κ2) is 5.65. The molecule has 1 aliphatic heterocycles. The molecule has 21 heavy (non-hydrogen) atoms. The van der Waals surface area contributed by atoms with Crippen LogP contribution in [-0.4, -0.2) is 51.9 Å². The third-order valence-electron chi connectivity index (χ3n) is 3.82. The van der Waals surface area contributed by atoms with Crippen molar-refractivity contribution < 1.29 is 18.3 Å². The molecule has 1 aliphatic rings. The monoisotopic (exact) mass is 380 g/mol. The molecule has 1 fully saturated rings. The van der Waals surface area contributed by atoms with E-state index in [0.717, 1.165) is 0 Å². The van der Waals surface area contributed by atoms with Crippen LogP contribution in [0.2, 0.25) is 0 Å². The number of rotatable bonds is 5. The highest BCUT2D eigenvalue weighted by Gasteiger charge is 2.48. The first-order valence-electron chi connectivity index (χ1n) is 6.53. The molecule has 0 amide bonds. The van der Waals surface area contributed by atoms with Gasteiger partial charge in [0.25, 0.3) is 10.0 Å². The number of halogens is 1. The van der Waals surface area contributed by atoms with Gasteiger partial charge in [0.1, 0.15) is 0 Å². The van der Waals surface area contributed by atoms with Gasteiger partial charge in [-0.05, 0) is 28.8 Å². The largest absolute Gasteiger partial charge is 0.481 e. The van der Waals surface area contributed by atoms with Gasteiger partial charge in [-0.2, -0.15) is 4.31 Å². The fraction of sp³-hybridized carbons (Fsp3) is 0.727. The number of aryl methyl sites for hydroxylation is 1. The number of aliphatic carboxylic acids is 1. The zero-order chi connectivity index (χ0) is 15.8. The van der Waals surface area contributed by atoms with Crippen LogP contribution in [0.15, 0.2) is 9.63 Å². The van der Waals surface area contributed by atoms with Crippen LogP contribution < -0.4 is 0 Å². The lowest BCUT2D eigenvalue weighted by molar-refractivity contribution is -0.148. The van der Waals surface area contributed by atoms with Crippen molar-refractivity contribution in [3.05, 3.63) is 4.60 Å². The van der Waals surface area contributed by atoms with E-state index >= 15 is 0 Å². The molecule has 2 rings (SSSR count). The Bertz CT molecular complexity index is 640. The van der Waals surface area contributed by atoms with Crippen molar-refractivity contribution in [1.82, 2.24) is 19.3 Å². The quantitative estimate of drug-likeness (QED) is 0.811. The Kier molecular flexibility index (Phi) is 4.41. The number of carboxylic acid groups (broad SMARTS) is 1. The lowest BCUT2D eigenvalue weighted by atomic mass is 9.83. The summed E-state index contributed by atoms with van der Waals surface area (Å²) in [5.74, 6) is -0.941. The minimum absolute atomic E-state index is 0.0177.